The molecule has 53 heavy (non-hydrogen) atoms. The quantitative estimate of drug-likeness (QED) is 0.145. The smallest absolute Gasteiger partial charge is 0.416 e. The molecule has 3 aromatic carbocycles. The minimum atomic E-state index is -4.57. The Labute approximate surface area is 304 Å². The average Bonchev–Trinajstić information content (AvgIpc) is 3.69. The Morgan fingerprint density at radius 2 is 1.77 bits per heavy atom. The number of rotatable bonds is 7. The number of hydrogen-bond acceptors (Lipinski definition) is 7. The van der Waals surface area contributed by atoms with Gasteiger partial charge in [-0.3, -0.25) is 14.4 Å². The zero-order chi connectivity index (χ0) is 37.0. The van der Waals surface area contributed by atoms with Crippen LogP contribution in [0.5, 0.6) is 11.6 Å². The number of carbonyl (C=O) groups is 3. The summed E-state index contributed by atoms with van der Waals surface area (Å²) in [6.45, 7) is 0.0161. The predicted octanol–water partition coefficient (Wildman–Crippen LogP) is 6.59. The van der Waals surface area contributed by atoms with Crippen molar-refractivity contribution in [1.29, 1.82) is 0 Å². The number of allylic oxidation sites excluding steroid dienone is 1. The molecule has 4 aromatic rings. The van der Waals surface area contributed by atoms with Crippen LogP contribution in [-0.2, 0) is 20.6 Å². The maximum atomic E-state index is 14.6. The lowest BCUT2D eigenvalue weighted by Crippen LogP contribution is -2.57. The molecule has 13 heteroatoms. The van der Waals surface area contributed by atoms with E-state index in [0.717, 1.165) is 42.2 Å². The number of nitrogens with zero attached hydrogens (tertiary/aromatic N) is 2. The molecule has 3 aliphatic rings. The van der Waals surface area contributed by atoms with E-state index < -0.39 is 53.2 Å². The van der Waals surface area contributed by atoms with Gasteiger partial charge >= 0.3 is 6.18 Å². The van der Waals surface area contributed by atoms with Gasteiger partial charge in [0.25, 0.3) is 5.91 Å². The van der Waals surface area contributed by atoms with Crippen LogP contribution in [0.4, 0.5) is 18.9 Å². The van der Waals surface area contributed by atoms with Crippen molar-refractivity contribution in [2.45, 2.75) is 74.8 Å². The second-order valence-electron chi connectivity index (χ2n) is 13.8. The number of ether oxygens (including phenoxy) is 1. The summed E-state index contributed by atoms with van der Waals surface area (Å²) in [6.07, 6.45) is 4.00. The molecule has 2 fully saturated rings. The summed E-state index contributed by atoms with van der Waals surface area (Å²) < 4.78 is 47.2. The van der Waals surface area contributed by atoms with Gasteiger partial charge in [-0.2, -0.15) is 18.7 Å². The zero-order valence-electron chi connectivity index (χ0n) is 28.9. The molecule has 0 unspecified atom stereocenters. The summed E-state index contributed by atoms with van der Waals surface area (Å²) in [5, 5.41) is 7.70. The standard InChI is InChI=1S/C40H40F3N5O5/c41-40(42,43)27-14-11-15-29(22-27)45-33-19-8-3-1-2-5-13-28-24-39(28,38(51)47-53-30-16-6-4-7-17-30)46-35(49)34-23-31(25-48(34)37(33)50)52-36-32-18-10-9-12-26(32)20-21-44-36/h4-7,9-18,20-22,28,31,33-34,45H,1-3,8,19,23-25H2,(H,46,49)(H,47,51)/b13-5-/t28-,31-,33+,34+,39-/m1/s1. The van der Waals surface area contributed by atoms with E-state index in [-0.39, 0.29) is 24.6 Å². The van der Waals surface area contributed by atoms with Crippen molar-refractivity contribution in [3.63, 3.8) is 0 Å². The largest absolute Gasteiger partial charge is 0.472 e. The Balaban J connectivity index is 1.19. The van der Waals surface area contributed by atoms with Crippen LogP contribution in [0.15, 0.2) is 103 Å². The monoisotopic (exact) mass is 727 g/mol. The van der Waals surface area contributed by atoms with Crippen LogP contribution in [0.1, 0.15) is 50.5 Å². The van der Waals surface area contributed by atoms with E-state index in [0.29, 0.717) is 30.9 Å². The molecular formula is C40H40F3N5O5. The third kappa shape index (κ3) is 8.08. The first-order valence-electron chi connectivity index (χ1n) is 17.9. The van der Waals surface area contributed by atoms with Gasteiger partial charge in [-0.15, -0.1) is 0 Å². The van der Waals surface area contributed by atoms with Gasteiger partial charge in [0, 0.05) is 29.6 Å². The number of halogens is 3. The molecule has 2 aliphatic heterocycles. The Kier molecular flexibility index (Phi) is 10.3. The molecule has 1 aromatic heterocycles. The number of hydrogen-bond donors (Lipinski definition) is 3. The number of alkyl halides is 3. The maximum absolute atomic E-state index is 14.6. The highest BCUT2D eigenvalue weighted by molar-refractivity contribution is 5.98. The zero-order valence-corrected chi connectivity index (χ0v) is 28.9. The van der Waals surface area contributed by atoms with Gasteiger partial charge in [-0.1, -0.05) is 67.5 Å². The van der Waals surface area contributed by atoms with Crippen LogP contribution in [-0.4, -0.2) is 57.9 Å². The Hall–Kier alpha value is -5.59. The molecule has 1 saturated heterocycles. The number of anilines is 1. The van der Waals surface area contributed by atoms with Crippen molar-refractivity contribution in [1.82, 2.24) is 20.7 Å². The van der Waals surface area contributed by atoms with Crippen molar-refractivity contribution < 1.29 is 37.1 Å². The number of benzene rings is 3. The number of pyridine rings is 1. The van der Waals surface area contributed by atoms with Crippen molar-refractivity contribution in [3.05, 3.63) is 109 Å². The molecule has 0 spiro atoms. The van der Waals surface area contributed by atoms with Gasteiger partial charge in [0.1, 0.15) is 23.7 Å². The highest BCUT2D eigenvalue weighted by atomic mass is 19.4. The van der Waals surface area contributed by atoms with E-state index in [9.17, 15) is 27.6 Å². The molecule has 1 saturated carbocycles. The molecule has 0 radical (unpaired) electrons. The highest BCUT2D eigenvalue weighted by Crippen LogP contribution is 2.45. The average molecular weight is 728 g/mol. The molecular weight excluding hydrogens is 687 g/mol. The Morgan fingerprint density at radius 1 is 0.962 bits per heavy atom. The lowest BCUT2D eigenvalue weighted by atomic mass is 10.0. The summed E-state index contributed by atoms with van der Waals surface area (Å²) in [6, 6.07) is 20.9. The van der Waals surface area contributed by atoms with Crippen molar-refractivity contribution in [3.8, 4) is 11.6 Å². The fraction of sp³-hybridized carbons (Fsp3) is 0.350. The van der Waals surface area contributed by atoms with Gasteiger partial charge in [-0.05, 0) is 73.5 Å². The third-order valence-electron chi connectivity index (χ3n) is 10.1. The van der Waals surface area contributed by atoms with Gasteiger partial charge in [0.2, 0.25) is 17.7 Å². The summed E-state index contributed by atoms with van der Waals surface area (Å²) in [5.41, 5.74) is 0.485. The van der Waals surface area contributed by atoms with E-state index in [4.69, 9.17) is 9.57 Å². The molecule has 3 heterocycles. The van der Waals surface area contributed by atoms with Gasteiger partial charge in [0.15, 0.2) is 5.75 Å². The van der Waals surface area contributed by atoms with E-state index in [1.165, 1.54) is 17.0 Å². The molecule has 3 N–H and O–H groups in total. The Morgan fingerprint density at radius 3 is 2.60 bits per heavy atom. The number of nitrogens with one attached hydrogen (secondary N) is 3. The minimum absolute atomic E-state index is 0.0161. The lowest BCUT2D eigenvalue weighted by molar-refractivity contribution is -0.141. The van der Waals surface area contributed by atoms with E-state index in [2.05, 4.69) is 21.1 Å². The highest BCUT2D eigenvalue weighted by Gasteiger charge is 2.61. The fourth-order valence-corrected chi connectivity index (χ4v) is 7.18. The molecule has 3 amide bonds. The van der Waals surface area contributed by atoms with Crippen LogP contribution in [0.2, 0.25) is 0 Å². The van der Waals surface area contributed by atoms with Crippen LogP contribution >= 0.6 is 0 Å². The van der Waals surface area contributed by atoms with Gasteiger partial charge in [-0.25, -0.2) is 4.98 Å². The SMILES string of the molecule is O=C1N[C@]2(C(=O)NOc3ccccc3)C[C@H]2/C=C\CCCCC[C@H](Nc2cccc(C(F)(F)F)c2)C(=O)N2C[C@H](Oc3nccc4ccccc34)C[C@@H]12. The number of hydroxylamine groups is 1. The van der Waals surface area contributed by atoms with Crippen molar-refractivity contribution >= 4 is 34.2 Å². The number of fused-ring (bicyclic) bond motifs is 3. The summed E-state index contributed by atoms with van der Waals surface area (Å²) >= 11 is 0. The van der Waals surface area contributed by atoms with Crippen LogP contribution in [0.25, 0.3) is 10.8 Å². The second kappa shape index (κ2) is 15.2. The fourth-order valence-electron chi connectivity index (χ4n) is 7.18. The second-order valence-corrected chi connectivity index (χ2v) is 13.8. The van der Waals surface area contributed by atoms with Crippen molar-refractivity contribution in [2.24, 2.45) is 5.92 Å². The molecule has 1 aliphatic carbocycles. The Bertz CT molecular complexity index is 1990. The molecule has 10 nitrogen and oxygen atoms in total. The van der Waals surface area contributed by atoms with Crippen LogP contribution < -0.4 is 25.7 Å². The topological polar surface area (TPSA) is 122 Å². The number of aromatic nitrogens is 1. The normalized spacial score (nSPS) is 25.5. The van der Waals surface area contributed by atoms with E-state index >= 15 is 0 Å². The summed E-state index contributed by atoms with van der Waals surface area (Å²) in [5.74, 6) is -1.06. The van der Waals surface area contributed by atoms with Gasteiger partial charge in [0.05, 0.1) is 12.1 Å². The first kappa shape index (κ1) is 35.8. The van der Waals surface area contributed by atoms with E-state index in [1.54, 1.807) is 30.5 Å². The summed E-state index contributed by atoms with van der Waals surface area (Å²) in [7, 11) is 0. The number of carbonyl (C=O) groups excluding carboxylic acids is 3. The number of para-hydroxylation sites is 1. The maximum Gasteiger partial charge on any atom is 0.416 e. The first-order valence-corrected chi connectivity index (χ1v) is 17.9. The van der Waals surface area contributed by atoms with Crippen LogP contribution in [0.3, 0.4) is 0 Å². The van der Waals surface area contributed by atoms with Crippen LogP contribution in [0, 0.1) is 5.92 Å². The number of amides is 3. The van der Waals surface area contributed by atoms with Crippen molar-refractivity contribution in [2.75, 3.05) is 11.9 Å². The predicted molar refractivity (Wildman–Crippen MR) is 192 cm³/mol. The summed E-state index contributed by atoms with van der Waals surface area (Å²) in [4.78, 5) is 54.1. The van der Waals surface area contributed by atoms with E-state index in [1.807, 2.05) is 48.6 Å². The van der Waals surface area contributed by atoms with Gasteiger partial charge < -0.3 is 25.1 Å². The minimum Gasteiger partial charge on any atom is -0.472 e. The molecule has 0 bridgehead atoms. The third-order valence-corrected chi connectivity index (χ3v) is 10.1. The first-order chi connectivity index (χ1) is 25.6. The molecule has 7 rings (SSSR count). The molecule has 276 valence electrons. The molecule has 5 atom stereocenters. The lowest BCUT2D eigenvalue weighted by Gasteiger charge is -2.30.